The Morgan fingerprint density at radius 2 is 2.37 bits per heavy atom. The van der Waals surface area contributed by atoms with E-state index in [0.29, 0.717) is 6.04 Å². The lowest BCUT2D eigenvalue weighted by Gasteiger charge is -2.37. The van der Waals surface area contributed by atoms with Gasteiger partial charge in [-0.25, -0.2) is 0 Å². The molecule has 2 atom stereocenters. The highest BCUT2D eigenvalue weighted by atomic mass is 16.5. The Balaban J connectivity index is 1.80. The lowest BCUT2D eigenvalue weighted by Crippen LogP contribution is -2.53. The second-order valence-corrected chi connectivity index (χ2v) is 5.60. The first-order valence-corrected chi connectivity index (χ1v) is 7.18. The third kappa shape index (κ3) is 2.61. The summed E-state index contributed by atoms with van der Waals surface area (Å²) in [6.07, 6.45) is 2.21. The number of fused-ring (bicyclic) bond motifs is 1. The molecule has 0 amide bonds. The minimum atomic E-state index is 0.0602. The minimum absolute atomic E-state index is 0.0602. The first kappa shape index (κ1) is 12.9. The Morgan fingerprint density at radius 1 is 1.47 bits per heavy atom. The molecule has 0 radical (unpaired) electrons. The van der Waals surface area contributed by atoms with Crippen LogP contribution in [0, 0.1) is 0 Å². The largest absolute Gasteiger partial charge is 0.493 e. The maximum absolute atomic E-state index is 6.47. The number of aryl methyl sites for hydroxylation is 1. The molecule has 0 aliphatic carbocycles. The Bertz CT molecular complexity index is 449. The zero-order chi connectivity index (χ0) is 13.2. The summed E-state index contributed by atoms with van der Waals surface area (Å²) in [5.41, 5.74) is 9.01. The molecule has 2 aliphatic heterocycles. The number of hydrogen-bond donors (Lipinski definition) is 2. The molecule has 19 heavy (non-hydrogen) atoms. The van der Waals surface area contributed by atoms with Gasteiger partial charge in [0.1, 0.15) is 5.75 Å². The van der Waals surface area contributed by atoms with Crippen molar-refractivity contribution >= 4 is 0 Å². The summed E-state index contributed by atoms with van der Waals surface area (Å²) < 4.78 is 5.66. The van der Waals surface area contributed by atoms with Gasteiger partial charge < -0.3 is 15.8 Å². The van der Waals surface area contributed by atoms with E-state index in [1.165, 1.54) is 11.1 Å². The van der Waals surface area contributed by atoms with Crippen molar-refractivity contribution < 1.29 is 4.74 Å². The van der Waals surface area contributed by atoms with E-state index in [1.807, 2.05) is 0 Å². The quantitative estimate of drug-likeness (QED) is 0.831. The van der Waals surface area contributed by atoms with Crippen LogP contribution in [0.15, 0.2) is 18.2 Å². The van der Waals surface area contributed by atoms with Gasteiger partial charge in [0, 0.05) is 31.7 Å². The number of nitrogens with two attached hydrogens (primary N) is 1. The normalized spacial score (nSPS) is 25.5. The van der Waals surface area contributed by atoms with Crippen LogP contribution in [0.5, 0.6) is 5.75 Å². The third-order valence-corrected chi connectivity index (χ3v) is 4.29. The second kappa shape index (κ2) is 5.49. The van der Waals surface area contributed by atoms with Gasteiger partial charge in [0.25, 0.3) is 0 Å². The van der Waals surface area contributed by atoms with Crippen LogP contribution in [-0.2, 0) is 6.42 Å². The summed E-state index contributed by atoms with van der Waals surface area (Å²) in [6.45, 7) is 3.92. The molecule has 4 heteroatoms. The van der Waals surface area contributed by atoms with Gasteiger partial charge in [0.2, 0.25) is 0 Å². The van der Waals surface area contributed by atoms with Crippen molar-refractivity contribution in [3.63, 3.8) is 0 Å². The zero-order valence-electron chi connectivity index (χ0n) is 11.6. The fourth-order valence-electron chi connectivity index (χ4n) is 3.04. The summed E-state index contributed by atoms with van der Waals surface area (Å²) >= 11 is 0. The smallest absolute Gasteiger partial charge is 0.122 e. The molecule has 3 rings (SSSR count). The highest BCUT2D eigenvalue weighted by Gasteiger charge is 2.26. The summed E-state index contributed by atoms with van der Waals surface area (Å²) in [6, 6.07) is 6.88. The van der Waals surface area contributed by atoms with Crippen molar-refractivity contribution in [1.82, 2.24) is 10.2 Å². The number of ether oxygens (including phenoxy) is 1. The predicted octanol–water partition coefficient (Wildman–Crippen LogP) is 0.915. The molecule has 104 valence electrons. The van der Waals surface area contributed by atoms with Gasteiger partial charge in [-0.05, 0) is 37.1 Å². The van der Waals surface area contributed by atoms with Crippen LogP contribution in [0.2, 0.25) is 0 Å². The average Bonchev–Trinajstić information content (AvgIpc) is 2.46. The number of benzene rings is 1. The molecule has 2 aliphatic rings. The van der Waals surface area contributed by atoms with Crippen LogP contribution in [0.25, 0.3) is 0 Å². The standard InChI is InChI=1S/C15H23N3O/c1-18-7-6-17-10-13(18)15(16)12-4-5-14-11(9-12)3-2-8-19-14/h4-5,9,13,15,17H,2-3,6-8,10,16H2,1H3. The molecule has 1 fully saturated rings. The van der Waals surface area contributed by atoms with Crippen LogP contribution < -0.4 is 15.8 Å². The highest BCUT2D eigenvalue weighted by molar-refractivity contribution is 5.40. The van der Waals surface area contributed by atoms with Gasteiger partial charge in [-0.1, -0.05) is 12.1 Å². The Kier molecular flexibility index (Phi) is 3.73. The number of piperazine rings is 1. The third-order valence-electron chi connectivity index (χ3n) is 4.29. The zero-order valence-corrected chi connectivity index (χ0v) is 11.6. The predicted molar refractivity (Wildman–Crippen MR) is 76.5 cm³/mol. The number of rotatable bonds is 2. The van der Waals surface area contributed by atoms with Crippen molar-refractivity contribution in [2.45, 2.75) is 24.9 Å². The number of hydrogen-bond acceptors (Lipinski definition) is 4. The van der Waals surface area contributed by atoms with E-state index in [0.717, 1.165) is 44.8 Å². The molecule has 1 aromatic carbocycles. The molecule has 2 heterocycles. The molecule has 0 spiro atoms. The fraction of sp³-hybridized carbons (Fsp3) is 0.600. The van der Waals surface area contributed by atoms with E-state index >= 15 is 0 Å². The molecule has 1 aromatic rings. The van der Waals surface area contributed by atoms with E-state index < -0.39 is 0 Å². The summed E-state index contributed by atoms with van der Waals surface area (Å²) in [5.74, 6) is 1.04. The van der Waals surface area contributed by atoms with Crippen molar-refractivity contribution in [2.75, 3.05) is 33.3 Å². The monoisotopic (exact) mass is 261 g/mol. The molecule has 1 saturated heterocycles. The van der Waals surface area contributed by atoms with E-state index in [2.05, 4.69) is 35.5 Å². The molecule has 4 nitrogen and oxygen atoms in total. The van der Waals surface area contributed by atoms with Gasteiger partial charge in [-0.3, -0.25) is 4.90 Å². The molecule has 2 unspecified atom stereocenters. The summed E-state index contributed by atoms with van der Waals surface area (Å²) in [4.78, 5) is 2.36. The van der Waals surface area contributed by atoms with Crippen molar-refractivity contribution in [3.05, 3.63) is 29.3 Å². The molecular formula is C15H23N3O. The number of likely N-dealkylation sites (N-methyl/N-ethyl adjacent to an activating group) is 1. The van der Waals surface area contributed by atoms with Crippen LogP contribution in [0.3, 0.4) is 0 Å². The van der Waals surface area contributed by atoms with E-state index in [1.54, 1.807) is 0 Å². The highest BCUT2D eigenvalue weighted by Crippen LogP contribution is 2.29. The molecule has 0 aromatic heterocycles. The van der Waals surface area contributed by atoms with Crippen molar-refractivity contribution in [2.24, 2.45) is 5.73 Å². The first-order valence-electron chi connectivity index (χ1n) is 7.18. The van der Waals surface area contributed by atoms with Gasteiger partial charge >= 0.3 is 0 Å². The Labute approximate surface area is 114 Å². The van der Waals surface area contributed by atoms with Gasteiger partial charge in [-0.15, -0.1) is 0 Å². The van der Waals surface area contributed by atoms with Crippen LogP contribution in [-0.4, -0.2) is 44.2 Å². The molecular weight excluding hydrogens is 238 g/mol. The summed E-state index contributed by atoms with van der Waals surface area (Å²) in [5, 5.41) is 3.43. The lowest BCUT2D eigenvalue weighted by atomic mass is 9.94. The minimum Gasteiger partial charge on any atom is -0.493 e. The second-order valence-electron chi connectivity index (χ2n) is 5.60. The van der Waals surface area contributed by atoms with Gasteiger partial charge in [0.15, 0.2) is 0 Å². The average molecular weight is 261 g/mol. The maximum Gasteiger partial charge on any atom is 0.122 e. The van der Waals surface area contributed by atoms with Crippen LogP contribution >= 0.6 is 0 Å². The van der Waals surface area contributed by atoms with Crippen molar-refractivity contribution in [1.29, 1.82) is 0 Å². The molecule has 0 bridgehead atoms. The van der Waals surface area contributed by atoms with Crippen molar-refractivity contribution in [3.8, 4) is 5.75 Å². The topological polar surface area (TPSA) is 50.5 Å². The molecule has 0 saturated carbocycles. The van der Waals surface area contributed by atoms with E-state index in [9.17, 15) is 0 Å². The number of nitrogens with one attached hydrogen (secondary N) is 1. The van der Waals surface area contributed by atoms with Gasteiger partial charge in [0.05, 0.1) is 6.61 Å². The number of nitrogens with zero attached hydrogens (tertiary/aromatic N) is 1. The summed E-state index contributed by atoms with van der Waals surface area (Å²) in [7, 11) is 2.16. The van der Waals surface area contributed by atoms with Crippen LogP contribution in [0.1, 0.15) is 23.6 Å². The SMILES string of the molecule is CN1CCNCC1C(N)c1ccc2c(c1)CCCO2. The first-order chi connectivity index (χ1) is 9.25. The maximum atomic E-state index is 6.47. The molecule has 3 N–H and O–H groups in total. The lowest BCUT2D eigenvalue weighted by molar-refractivity contribution is 0.174. The fourth-order valence-corrected chi connectivity index (χ4v) is 3.04. The van der Waals surface area contributed by atoms with E-state index in [4.69, 9.17) is 10.5 Å². The van der Waals surface area contributed by atoms with E-state index in [-0.39, 0.29) is 6.04 Å². The van der Waals surface area contributed by atoms with Gasteiger partial charge in [-0.2, -0.15) is 0 Å². The Morgan fingerprint density at radius 3 is 3.21 bits per heavy atom. The van der Waals surface area contributed by atoms with Crippen LogP contribution in [0.4, 0.5) is 0 Å². The Hall–Kier alpha value is -1.10.